The van der Waals surface area contributed by atoms with Gasteiger partial charge in [0.1, 0.15) is 0 Å². The van der Waals surface area contributed by atoms with E-state index in [0.717, 1.165) is 13.0 Å². The van der Waals surface area contributed by atoms with Crippen LogP contribution in [0.4, 0.5) is 0 Å². The van der Waals surface area contributed by atoms with E-state index in [1.165, 1.54) is 11.1 Å². The predicted octanol–water partition coefficient (Wildman–Crippen LogP) is 5.50. The van der Waals surface area contributed by atoms with Crippen molar-refractivity contribution in [3.8, 4) is 0 Å². The maximum atomic E-state index is 6.17. The number of hydrogen-bond donors (Lipinski definition) is 0. The molecule has 0 aromatic heterocycles. The first kappa shape index (κ1) is 16.2. The Kier molecular flexibility index (Phi) is 5.57. The molecule has 0 fully saturated rings. The third kappa shape index (κ3) is 4.96. The second kappa shape index (κ2) is 6.53. The standard InChI is InChI=1S/C17H28OSi/c1-15(16-12-8-7-9-13-16)11-10-14-18-19(5,6)17(2,3)4/h7-9,11-13H,10,14H2,1-6H3/b15-11+. The van der Waals surface area contributed by atoms with Crippen LogP contribution in [0.2, 0.25) is 18.1 Å². The Balaban J connectivity index is 2.47. The van der Waals surface area contributed by atoms with Gasteiger partial charge in [-0.2, -0.15) is 0 Å². The van der Waals surface area contributed by atoms with Crippen molar-refractivity contribution in [3.05, 3.63) is 42.0 Å². The van der Waals surface area contributed by atoms with Gasteiger partial charge in [0.25, 0.3) is 0 Å². The van der Waals surface area contributed by atoms with E-state index in [-0.39, 0.29) is 0 Å². The minimum absolute atomic E-state index is 0.297. The second-order valence-corrected chi connectivity index (χ2v) is 11.5. The zero-order valence-electron chi connectivity index (χ0n) is 13.3. The van der Waals surface area contributed by atoms with Gasteiger partial charge in [-0.3, -0.25) is 0 Å². The lowest BCUT2D eigenvalue weighted by Crippen LogP contribution is -2.40. The minimum atomic E-state index is -1.59. The third-order valence-corrected chi connectivity index (χ3v) is 8.60. The highest BCUT2D eigenvalue weighted by Gasteiger charge is 2.36. The van der Waals surface area contributed by atoms with Gasteiger partial charge in [0, 0.05) is 6.61 Å². The van der Waals surface area contributed by atoms with E-state index in [9.17, 15) is 0 Å². The summed E-state index contributed by atoms with van der Waals surface area (Å²) in [5, 5.41) is 0.297. The SMILES string of the molecule is C/C(=C\CCO[Si](C)(C)C(C)(C)C)c1ccccc1. The molecule has 19 heavy (non-hydrogen) atoms. The van der Waals surface area contributed by atoms with Gasteiger partial charge >= 0.3 is 0 Å². The zero-order chi connectivity index (χ0) is 14.5. The molecule has 0 N–H and O–H groups in total. The fourth-order valence-electron chi connectivity index (χ4n) is 1.62. The van der Waals surface area contributed by atoms with Crippen molar-refractivity contribution in [1.82, 2.24) is 0 Å². The normalized spacial score (nSPS) is 13.7. The van der Waals surface area contributed by atoms with Crippen molar-refractivity contribution in [2.45, 2.75) is 52.2 Å². The summed E-state index contributed by atoms with van der Waals surface area (Å²) in [5.74, 6) is 0. The monoisotopic (exact) mass is 276 g/mol. The van der Waals surface area contributed by atoms with Gasteiger partial charge in [-0.1, -0.05) is 57.2 Å². The molecule has 1 nitrogen and oxygen atoms in total. The topological polar surface area (TPSA) is 9.23 Å². The van der Waals surface area contributed by atoms with Gasteiger partial charge in [0.05, 0.1) is 0 Å². The van der Waals surface area contributed by atoms with Crippen LogP contribution < -0.4 is 0 Å². The van der Waals surface area contributed by atoms with Crippen LogP contribution in [-0.4, -0.2) is 14.9 Å². The summed E-state index contributed by atoms with van der Waals surface area (Å²) in [6, 6.07) is 10.5. The zero-order valence-corrected chi connectivity index (χ0v) is 14.3. The minimum Gasteiger partial charge on any atom is -0.417 e. The van der Waals surface area contributed by atoms with E-state index in [4.69, 9.17) is 4.43 Å². The van der Waals surface area contributed by atoms with Crippen LogP contribution in [0, 0.1) is 0 Å². The molecule has 106 valence electrons. The first-order valence-corrected chi connectivity index (χ1v) is 10.0. The van der Waals surface area contributed by atoms with E-state index < -0.39 is 8.32 Å². The molecule has 0 radical (unpaired) electrons. The van der Waals surface area contributed by atoms with Gasteiger partial charge in [0.15, 0.2) is 8.32 Å². The largest absolute Gasteiger partial charge is 0.417 e. The molecular formula is C17H28OSi. The van der Waals surface area contributed by atoms with Crippen LogP contribution in [0.5, 0.6) is 0 Å². The molecule has 1 rings (SSSR count). The summed E-state index contributed by atoms with van der Waals surface area (Å²) in [6.07, 6.45) is 3.27. The summed E-state index contributed by atoms with van der Waals surface area (Å²) in [6.45, 7) is 14.5. The Morgan fingerprint density at radius 1 is 1.16 bits per heavy atom. The quantitative estimate of drug-likeness (QED) is 0.509. The summed E-state index contributed by atoms with van der Waals surface area (Å²) < 4.78 is 6.17. The van der Waals surface area contributed by atoms with Crippen molar-refractivity contribution in [2.75, 3.05) is 6.61 Å². The summed E-state index contributed by atoms with van der Waals surface area (Å²) >= 11 is 0. The summed E-state index contributed by atoms with van der Waals surface area (Å²) in [5.41, 5.74) is 2.63. The Hall–Kier alpha value is -0.863. The van der Waals surface area contributed by atoms with E-state index in [0.29, 0.717) is 5.04 Å². The average molecular weight is 276 g/mol. The van der Waals surface area contributed by atoms with E-state index >= 15 is 0 Å². The molecule has 1 aromatic rings. The van der Waals surface area contributed by atoms with E-state index in [1.807, 2.05) is 0 Å². The highest BCUT2D eigenvalue weighted by molar-refractivity contribution is 6.74. The lowest BCUT2D eigenvalue weighted by atomic mass is 10.1. The Bertz CT molecular complexity index is 413. The molecular weight excluding hydrogens is 248 g/mol. The number of rotatable bonds is 5. The van der Waals surface area contributed by atoms with Gasteiger partial charge in [-0.05, 0) is 42.6 Å². The van der Waals surface area contributed by atoms with Crippen molar-refractivity contribution < 1.29 is 4.43 Å². The lowest BCUT2D eigenvalue weighted by molar-refractivity contribution is 0.294. The number of benzene rings is 1. The van der Waals surface area contributed by atoms with Crippen LogP contribution in [0.15, 0.2) is 36.4 Å². The van der Waals surface area contributed by atoms with Gasteiger partial charge in [-0.15, -0.1) is 0 Å². The molecule has 0 aliphatic rings. The molecule has 1 aromatic carbocycles. The third-order valence-electron chi connectivity index (χ3n) is 4.07. The molecule has 0 aliphatic heterocycles. The van der Waals surface area contributed by atoms with Crippen molar-refractivity contribution >= 4 is 13.9 Å². The predicted molar refractivity (Wildman–Crippen MR) is 87.9 cm³/mol. The molecule has 0 amide bonds. The van der Waals surface area contributed by atoms with Crippen molar-refractivity contribution in [3.63, 3.8) is 0 Å². The number of allylic oxidation sites excluding steroid dienone is 1. The van der Waals surface area contributed by atoms with Crippen LogP contribution in [0.3, 0.4) is 0 Å². The van der Waals surface area contributed by atoms with Crippen molar-refractivity contribution in [1.29, 1.82) is 0 Å². The molecule has 0 bridgehead atoms. The molecule has 0 saturated carbocycles. The van der Waals surface area contributed by atoms with Gasteiger partial charge in [0.2, 0.25) is 0 Å². The molecule has 0 unspecified atom stereocenters. The number of hydrogen-bond acceptors (Lipinski definition) is 1. The Morgan fingerprint density at radius 2 is 1.74 bits per heavy atom. The van der Waals surface area contributed by atoms with Gasteiger partial charge < -0.3 is 4.43 Å². The fraction of sp³-hybridized carbons (Fsp3) is 0.529. The molecule has 0 spiro atoms. The maximum Gasteiger partial charge on any atom is 0.191 e. The van der Waals surface area contributed by atoms with E-state index in [1.54, 1.807) is 0 Å². The molecule has 0 saturated heterocycles. The average Bonchev–Trinajstić information content (AvgIpc) is 2.34. The lowest BCUT2D eigenvalue weighted by Gasteiger charge is -2.36. The molecule has 0 aliphatic carbocycles. The Morgan fingerprint density at radius 3 is 2.26 bits per heavy atom. The summed E-state index contributed by atoms with van der Waals surface area (Å²) in [4.78, 5) is 0. The van der Waals surface area contributed by atoms with Crippen LogP contribution in [-0.2, 0) is 4.43 Å². The first-order valence-electron chi connectivity index (χ1n) is 7.10. The van der Waals surface area contributed by atoms with Crippen LogP contribution in [0.1, 0.15) is 39.7 Å². The van der Waals surface area contributed by atoms with Crippen LogP contribution in [0.25, 0.3) is 5.57 Å². The fourth-order valence-corrected chi connectivity index (χ4v) is 2.69. The van der Waals surface area contributed by atoms with E-state index in [2.05, 4.69) is 77.2 Å². The molecule has 0 atom stereocenters. The highest BCUT2D eigenvalue weighted by atomic mass is 28.4. The highest BCUT2D eigenvalue weighted by Crippen LogP contribution is 2.36. The van der Waals surface area contributed by atoms with Crippen molar-refractivity contribution in [2.24, 2.45) is 0 Å². The Labute approximate surface area is 119 Å². The van der Waals surface area contributed by atoms with Gasteiger partial charge in [-0.25, -0.2) is 0 Å². The first-order chi connectivity index (χ1) is 8.74. The molecule has 0 heterocycles. The summed E-state index contributed by atoms with van der Waals surface area (Å²) in [7, 11) is -1.59. The smallest absolute Gasteiger partial charge is 0.191 e. The molecule has 2 heteroatoms. The van der Waals surface area contributed by atoms with Crippen LogP contribution >= 0.6 is 0 Å². The second-order valence-electron chi connectivity index (χ2n) is 6.65. The maximum absolute atomic E-state index is 6.17.